The maximum Gasteiger partial charge on any atom is 0.293 e. The van der Waals surface area contributed by atoms with Crippen LogP contribution in [-0.2, 0) is 19.6 Å². The van der Waals surface area contributed by atoms with Gasteiger partial charge in [-0.1, -0.05) is 60.7 Å². The van der Waals surface area contributed by atoms with Crippen molar-refractivity contribution in [2.45, 2.75) is 69.4 Å². The van der Waals surface area contributed by atoms with Gasteiger partial charge in [-0.25, -0.2) is 13.1 Å². The normalized spacial score (nSPS) is 15.6. The fraction of sp³-hybridized carbons (Fsp3) is 0.400. The third kappa shape index (κ3) is 5.13. The van der Waals surface area contributed by atoms with E-state index in [4.69, 9.17) is 23.2 Å². The highest BCUT2D eigenvalue weighted by Gasteiger charge is 2.35. The number of aromatic nitrogens is 1. The summed E-state index contributed by atoms with van der Waals surface area (Å²) in [4.78, 5) is 9.74. The summed E-state index contributed by atoms with van der Waals surface area (Å²) < 4.78 is 35.3. The van der Waals surface area contributed by atoms with Crippen LogP contribution in [-0.4, -0.2) is 31.1 Å². The van der Waals surface area contributed by atoms with E-state index in [9.17, 15) is 13.2 Å². The molecule has 0 amide bonds. The van der Waals surface area contributed by atoms with Gasteiger partial charge in [-0.3, -0.25) is 4.79 Å². The van der Waals surface area contributed by atoms with Crippen LogP contribution in [0.4, 0.5) is 0 Å². The molecule has 1 saturated carbocycles. The highest BCUT2D eigenvalue weighted by atomic mass is 35.5. The summed E-state index contributed by atoms with van der Waals surface area (Å²) in [6.07, 6.45) is 5.06. The lowest BCUT2D eigenvalue weighted by Gasteiger charge is -2.22. The van der Waals surface area contributed by atoms with Crippen molar-refractivity contribution in [2.24, 2.45) is 0 Å². The molecule has 2 aromatic rings. The minimum absolute atomic E-state index is 0.00517. The Morgan fingerprint density at radius 1 is 1.06 bits per heavy atom. The summed E-state index contributed by atoms with van der Waals surface area (Å²) in [6, 6.07) is 11.0. The molecule has 0 atom stereocenters. The number of rotatable bonds is 5. The van der Waals surface area contributed by atoms with E-state index in [1.54, 1.807) is 12.1 Å². The number of para-hydroxylation sites is 1. The maximum atomic E-state index is 12.9. The summed E-state index contributed by atoms with van der Waals surface area (Å²) >= 11 is 12.5. The van der Waals surface area contributed by atoms with Gasteiger partial charge in [0.1, 0.15) is 10.5 Å². The molecule has 0 aromatic heterocycles. The van der Waals surface area contributed by atoms with Gasteiger partial charge in [-0.2, -0.15) is 0 Å². The Morgan fingerprint density at radius 2 is 1.76 bits per heavy atom. The Labute approximate surface area is 210 Å². The second-order valence-electron chi connectivity index (χ2n) is 9.60. The predicted octanol–water partition coefficient (Wildman–Crippen LogP) is 6.49. The number of hydrogen-bond acceptors (Lipinski definition) is 4. The van der Waals surface area contributed by atoms with Crippen LogP contribution in [0.15, 0.2) is 41.3 Å². The highest BCUT2D eigenvalue weighted by molar-refractivity contribution is 7.89. The highest BCUT2D eigenvalue weighted by Crippen LogP contribution is 2.53. The van der Waals surface area contributed by atoms with Gasteiger partial charge in [0.2, 0.25) is 10.0 Å². The molecule has 0 unspecified atom stereocenters. The van der Waals surface area contributed by atoms with Crippen molar-refractivity contribution < 1.29 is 17.9 Å². The smallest absolute Gasteiger partial charge is 0.293 e. The van der Waals surface area contributed by atoms with Crippen molar-refractivity contribution in [3.05, 3.63) is 46.4 Å². The van der Waals surface area contributed by atoms with E-state index in [2.05, 4.69) is 14.0 Å². The third-order valence-corrected chi connectivity index (χ3v) is 8.22. The van der Waals surface area contributed by atoms with Crippen molar-refractivity contribution in [1.29, 1.82) is 0 Å². The fourth-order valence-electron chi connectivity index (χ4n) is 4.29. The molecule has 5 rings (SSSR count). The van der Waals surface area contributed by atoms with E-state index in [0.717, 1.165) is 53.5 Å². The first-order valence-corrected chi connectivity index (χ1v) is 13.5. The third-order valence-electron chi connectivity index (χ3n) is 5.91. The van der Waals surface area contributed by atoms with Crippen molar-refractivity contribution in [3.63, 3.8) is 0 Å². The number of sulfonamides is 1. The van der Waals surface area contributed by atoms with E-state index < -0.39 is 10.0 Å². The van der Waals surface area contributed by atoms with Gasteiger partial charge in [0.05, 0.1) is 26.9 Å². The predicted molar refractivity (Wildman–Crippen MR) is 136 cm³/mol. The Hall–Kier alpha value is -2.06. The van der Waals surface area contributed by atoms with E-state index in [-0.39, 0.29) is 21.6 Å². The minimum atomic E-state index is -3.66. The summed E-state index contributed by atoms with van der Waals surface area (Å²) in [6.45, 7) is 5.92. The van der Waals surface area contributed by atoms with Crippen LogP contribution in [0, 0.1) is 0 Å². The average Bonchev–Trinajstić information content (AvgIpc) is 3.39. The molecule has 0 radical (unpaired) electrons. The summed E-state index contributed by atoms with van der Waals surface area (Å²) in [7, 11) is -3.66. The molecule has 1 N–H and O–H groups in total. The van der Waals surface area contributed by atoms with E-state index in [0.29, 0.717) is 11.5 Å². The van der Waals surface area contributed by atoms with E-state index in [1.165, 1.54) is 6.42 Å². The van der Waals surface area contributed by atoms with Crippen LogP contribution in [0.2, 0.25) is 10.0 Å². The Bertz CT molecular complexity index is 1340. The molecule has 34 heavy (non-hydrogen) atoms. The second kappa shape index (κ2) is 9.53. The first-order chi connectivity index (χ1) is 16.0. The Morgan fingerprint density at radius 3 is 2.35 bits per heavy atom. The molecular weight excluding hydrogens is 495 g/mol. The van der Waals surface area contributed by atoms with Crippen LogP contribution in [0.25, 0.3) is 27.8 Å². The molecule has 1 fully saturated rings. The zero-order valence-corrected chi connectivity index (χ0v) is 21.7. The summed E-state index contributed by atoms with van der Waals surface area (Å²) in [5, 5.41) is 2.05. The van der Waals surface area contributed by atoms with Crippen LogP contribution < -0.4 is 4.72 Å². The monoisotopic (exact) mass is 522 g/mol. The number of carbonyl (C=O) groups is 1. The fourth-order valence-corrected chi connectivity index (χ4v) is 6.38. The van der Waals surface area contributed by atoms with E-state index >= 15 is 0 Å². The molecule has 0 bridgehead atoms. The number of benzene rings is 2. The lowest BCUT2D eigenvalue weighted by atomic mass is 9.96. The zero-order valence-electron chi connectivity index (χ0n) is 19.4. The summed E-state index contributed by atoms with van der Waals surface area (Å²) in [5.41, 5.74) is 3.62. The second-order valence-corrected chi connectivity index (χ2v) is 12.1. The molecule has 0 spiro atoms. The van der Waals surface area contributed by atoms with Crippen molar-refractivity contribution >= 4 is 50.6 Å². The van der Waals surface area contributed by atoms with Gasteiger partial charge >= 0.3 is 0 Å². The topological polar surface area (TPSA) is 77.4 Å². The molecular formula is C25H28Cl2N2O4S. The van der Waals surface area contributed by atoms with Gasteiger partial charge < -0.3 is 9.30 Å². The number of halogens is 2. The molecule has 3 aliphatic rings. The van der Waals surface area contributed by atoms with Crippen molar-refractivity contribution in [2.75, 3.05) is 0 Å². The number of nitrogens with zero attached hydrogens (tertiary/aromatic N) is 1. The number of ether oxygens (including phenoxy) is 1. The first kappa shape index (κ1) is 25.0. The lowest BCUT2D eigenvalue weighted by Crippen LogP contribution is -2.36. The average molecular weight is 523 g/mol. The molecule has 6 nitrogen and oxygen atoms in total. The van der Waals surface area contributed by atoms with Crippen LogP contribution in [0.3, 0.4) is 0 Å². The molecule has 2 aromatic carbocycles. The van der Waals surface area contributed by atoms with Crippen LogP contribution in [0.5, 0.6) is 0 Å². The SMILES string of the molecule is CC(C)(C)OC=O.O=S(=O)(NC1CCCCC1)c1cc(-c2c3c4cccc(Cl)c4n2-3)ccc1Cl. The largest absolute Gasteiger partial charge is 0.462 e. The molecule has 9 heteroatoms. The van der Waals surface area contributed by atoms with Gasteiger partial charge in [0.25, 0.3) is 6.47 Å². The molecule has 0 saturated heterocycles. The van der Waals surface area contributed by atoms with Crippen molar-refractivity contribution in [1.82, 2.24) is 9.29 Å². The minimum Gasteiger partial charge on any atom is -0.462 e. The lowest BCUT2D eigenvalue weighted by molar-refractivity contribution is -0.138. The van der Waals surface area contributed by atoms with E-state index in [1.807, 2.05) is 45.0 Å². The number of hydrogen-bond donors (Lipinski definition) is 1. The van der Waals surface area contributed by atoms with Crippen LogP contribution >= 0.6 is 23.2 Å². The molecule has 182 valence electrons. The van der Waals surface area contributed by atoms with Gasteiger partial charge in [0.15, 0.2) is 0 Å². The number of nitrogens with one attached hydrogen (secondary N) is 1. The zero-order chi connectivity index (χ0) is 24.7. The molecule has 2 heterocycles. The molecule has 2 aliphatic heterocycles. The number of carbonyl (C=O) groups excluding carboxylic acids is 1. The van der Waals surface area contributed by atoms with Gasteiger partial charge in [0, 0.05) is 17.0 Å². The van der Waals surface area contributed by atoms with Crippen molar-refractivity contribution in [3.8, 4) is 16.9 Å². The van der Waals surface area contributed by atoms with Crippen LogP contribution in [0.1, 0.15) is 52.9 Å². The van der Waals surface area contributed by atoms with Gasteiger partial charge in [-0.05, 0) is 51.8 Å². The first-order valence-electron chi connectivity index (χ1n) is 11.3. The number of fused-ring (bicyclic) bond motifs is 4. The standard InChI is InChI=1S/C20H18Cl2N2O2S.C5H10O2/c21-15-10-9-12(18-20-14-7-4-8-16(22)19(14)24(18)20)11-17(15)27(25,26)23-13-5-2-1-3-6-13;1-5(2,3)7-4-6/h4,7-11,13,23H,1-3,5-6H2;4H,1-3H3. The maximum absolute atomic E-state index is 12.9. The molecule has 1 aliphatic carbocycles. The summed E-state index contributed by atoms with van der Waals surface area (Å²) in [5.74, 6) is 0. The van der Waals surface area contributed by atoms with Gasteiger partial charge in [-0.15, -0.1) is 0 Å². The Balaban J connectivity index is 0.000000344. The quantitative estimate of drug-likeness (QED) is 0.304. The Kier molecular flexibility index (Phi) is 7.02.